The van der Waals surface area contributed by atoms with Crippen LogP contribution >= 0.6 is 0 Å². The normalized spacial score (nSPS) is 11.3. The summed E-state index contributed by atoms with van der Waals surface area (Å²) in [5.74, 6) is 0.294. The molecule has 0 aromatic heterocycles. The number of fused-ring (bicyclic) bond motifs is 2. The molecule has 6 aromatic carbocycles. The molecule has 0 saturated heterocycles. The lowest BCUT2D eigenvalue weighted by Gasteiger charge is -2.19. The molecule has 0 unspecified atom stereocenters. The van der Waals surface area contributed by atoms with Crippen LogP contribution in [0.2, 0.25) is 0 Å². The Labute approximate surface area is 210 Å². The van der Waals surface area contributed by atoms with Gasteiger partial charge in [-0.05, 0) is 69.8 Å². The molecule has 6 rings (SSSR count). The molecule has 0 aliphatic heterocycles. The summed E-state index contributed by atoms with van der Waals surface area (Å²) in [6.45, 7) is 4.14. The Morgan fingerprint density at radius 3 is 1.19 bits per heavy atom. The van der Waals surface area contributed by atoms with Crippen LogP contribution in [0.1, 0.15) is 11.1 Å². The first-order valence-corrected chi connectivity index (χ1v) is 12.1. The van der Waals surface area contributed by atoms with E-state index >= 15 is 0 Å². The van der Waals surface area contributed by atoms with E-state index in [2.05, 4.69) is 62.4 Å². The second kappa shape index (κ2) is 8.58. The number of hydrogen-bond donors (Lipinski definition) is 2. The predicted molar refractivity (Wildman–Crippen MR) is 151 cm³/mol. The van der Waals surface area contributed by atoms with Crippen molar-refractivity contribution in [3.05, 3.63) is 120 Å². The Hall–Kier alpha value is -4.56. The van der Waals surface area contributed by atoms with Gasteiger partial charge in [0.2, 0.25) is 0 Å². The molecule has 0 radical (unpaired) electrons. The molecule has 174 valence electrons. The van der Waals surface area contributed by atoms with Gasteiger partial charge in [-0.2, -0.15) is 0 Å². The fraction of sp³-hybridized carbons (Fsp3) is 0.0588. The van der Waals surface area contributed by atoms with Crippen molar-refractivity contribution in [2.24, 2.45) is 0 Å². The Bertz CT molecular complexity index is 1650. The Balaban J connectivity index is 1.68. The molecule has 0 saturated carbocycles. The molecular weight excluding hydrogens is 440 g/mol. The summed E-state index contributed by atoms with van der Waals surface area (Å²) in [5, 5.41) is 26.8. The van der Waals surface area contributed by atoms with Crippen molar-refractivity contribution in [1.82, 2.24) is 0 Å². The van der Waals surface area contributed by atoms with Gasteiger partial charge in [0.05, 0.1) is 0 Å². The maximum Gasteiger partial charge on any atom is 0.124 e. The smallest absolute Gasteiger partial charge is 0.124 e. The summed E-state index contributed by atoms with van der Waals surface area (Å²) in [6.07, 6.45) is 0. The molecule has 0 amide bonds. The van der Waals surface area contributed by atoms with E-state index in [1.807, 2.05) is 60.7 Å². The van der Waals surface area contributed by atoms with E-state index in [1.54, 1.807) is 0 Å². The molecule has 0 aliphatic rings. The predicted octanol–water partition coefficient (Wildman–Crippen LogP) is 9.02. The van der Waals surface area contributed by atoms with Gasteiger partial charge in [0.15, 0.2) is 0 Å². The summed E-state index contributed by atoms with van der Waals surface area (Å²) in [4.78, 5) is 0. The van der Waals surface area contributed by atoms with Crippen LogP contribution in [-0.2, 0) is 0 Å². The summed E-state index contributed by atoms with van der Waals surface area (Å²) in [5.41, 5.74) is 7.66. The lowest BCUT2D eigenvalue weighted by molar-refractivity contribution is 0.470. The second-order valence-corrected chi connectivity index (χ2v) is 9.47. The number of aryl methyl sites for hydroxylation is 2. The third kappa shape index (κ3) is 3.59. The highest BCUT2D eigenvalue weighted by atomic mass is 16.3. The van der Waals surface area contributed by atoms with Crippen LogP contribution < -0.4 is 0 Å². The van der Waals surface area contributed by atoms with Crippen molar-refractivity contribution in [2.45, 2.75) is 13.8 Å². The summed E-state index contributed by atoms with van der Waals surface area (Å²) < 4.78 is 0. The molecule has 0 spiro atoms. The van der Waals surface area contributed by atoms with Gasteiger partial charge in [-0.1, -0.05) is 108 Å². The SMILES string of the molecule is Cc1cccc(-c2cc(O)c(-c3c(O)cc(-c4cccc(C)c4)c4ccccc34)c3ccccc23)c1. The molecule has 0 atom stereocenters. The van der Waals surface area contributed by atoms with E-state index in [4.69, 9.17) is 0 Å². The van der Waals surface area contributed by atoms with E-state index in [1.165, 1.54) is 0 Å². The summed E-state index contributed by atoms with van der Waals surface area (Å²) >= 11 is 0. The lowest BCUT2D eigenvalue weighted by Crippen LogP contribution is -1.92. The zero-order valence-corrected chi connectivity index (χ0v) is 20.3. The molecule has 0 aliphatic carbocycles. The first kappa shape index (κ1) is 21.9. The van der Waals surface area contributed by atoms with Gasteiger partial charge in [0, 0.05) is 11.1 Å². The zero-order valence-electron chi connectivity index (χ0n) is 20.3. The summed E-state index contributed by atoms with van der Waals surface area (Å²) in [7, 11) is 0. The summed E-state index contributed by atoms with van der Waals surface area (Å²) in [6, 6.07) is 36.4. The Kier molecular flexibility index (Phi) is 5.23. The van der Waals surface area contributed by atoms with E-state index in [0.717, 1.165) is 54.9 Å². The highest BCUT2D eigenvalue weighted by molar-refractivity contribution is 6.15. The molecular formula is C34H26O2. The maximum absolute atomic E-state index is 11.5. The molecule has 0 heterocycles. The number of hydrogen-bond acceptors (Lipinski definition) is 2. The lowest BCUT2D eigenvalue weighted by atomic mass is 9.86. The third-order valence-electron chi connectivity index (χ3n) is 6.96. The van der Waals surface area contributed by atoms with Crippen LogP contribution in [-0.4, -0.2) is 10.2 Å². The number of benzene rings is 6. The number of rotatable bonds is 3. The topological polar surface area (TPSA) is 40.5 Å². The van der Waals surface area contributed by atoms with Gasteiger partial charge in [0.1, 0.15) is 11.5 Å². The van der Waals surface area contributed by atoms with E-state index in [0.29, 0.717) is 11.1 Å². The Morgan fingerprint density at radius 2 is 0.806 bits per heavy atom. The van der Waals surface area contributed by atoms with Gasteiger partial charge >= 0.3 is 0 Å². The Morgan fingerprint density at radius 1 is 0.417 bits per heavy atom. The van der Waals surface area contributed by atoms with Crippen molar-refractivity contribution < 1.29 is 10.2 Å². The van der Waals surface area contributed by atoms with Gasteiger partial charge in [0.25, 0.3) is 0 Å². The molecule has 0 fully saturated rings. The van der Waals surface area contributed by atoms with Crippen LogP contribution in [0.15, 0.2) is 109 Å². The standard InChI is InChI=1S/C34H26O2/c1-21-9-7-11-23(17-21)29-19-31(35)33(27-15-5-3-13-25(27)29)34-28-16-6-4-14-26(28)30(20-32(34)36)24-12-8-10-22(2)18-24/h3-20,35-36H,1-2H3. The monoisotopic (exact) mass is 466 g/mol. The second-order valence-electron chi connectivity index (χ2n) is 9.47. The van der Waals surface area contributed by atoms with Gasteiger partial charge in [-0.3, -0.25) is 0 Å². The van der Waals surface area contributed by atoms with E-state index in [-0.39, 0.29) is 11.5 Å². The van der Waals surface area contributed by atoms with Crippen LogP contribution in [0.25, 0.3) is 54.9 Å². The third-order valence-corrected chi connectivity index (χ3v) is 6.96. The van der Waals surface area contributed by atoms with E-state index in [9.17, 15) is 10.2 Å². The van der Waals surface area contributed by atoms with Crippen molar-refractivity contribution in [1.29, 1.82) is 0 Å². The molecule has 2 heteroatoms. The highest BCUT2D eigenvalue weighted by Gasteiger charge is 2.21. The first-order chi connectivity index (χ1) is 17.5. The van der Waals surface area contributed by atoms with Crippen molar-refractivity contribution in [3.63, 3.8) is 0 Å². The molecule has 0 bridgehead atoms. The number of aromatic hydroxyl groups is 2. The molecule has 2 nitrogen and oxygen atoms in total. The number of phenolic OH excluding ortho intramolecular Hbond substituents is 2. The molecule has 6 aromatic rings. The fourth-order valence-corrected chi connectivity index (χ4v) is 5.35. The van der Waals surface area contributed by atoms with Gasteiger partial charge in [-0.25, -0.2) is 0 Å². The minimum absolute atomic E-state index is 0.147. The van der Waals surface area contributed by atoms with Crippen LogP contribution in [0.5, 0.6) is 11.5 Å². The minimum Gasteiger partial charge on any atom is -0.507 e. The van der Waals surface area contributed by atoms with Crippen LogP contribution in [0.3, 0.4) is 0 Å². The van der Waals surface area contributed by atoms with E-state index < -0.39 is 0 Å². The highest BCUT2D eigenvalue weighted by Crippen LogP contribution is 2.49. The number of phenols is 2. The van der Waals surface area contributed by atoms with Crippen LogP contribution in [0.4, 0.5) is 0 Å². The van der Waals surface area contributed by atoms with Crippen molar-refractivity contribution in [3.8, 4) is 44.9 Å². The molecule has 36 heavy (non-hydrogen) atoms. The quantitative estimate of drug-likeness (QED) is 0.273. The minimum atomic E-state index is 0.147. The average Bonchev–Trinajstić information content (AvgIpc) is 2.89. The average molecular weight is 467 g/mol. The molecule has 2 N–H and O–H groups in total. The first-order valence-electron chi connectivity index (χ1n) is 12.1. The van der Waals surface area contributed by atoms with Crippen molar-refractivity contribution >= 4 is 21.5 Å². The van der Waals surface area contributed by atoms with Crippen molar-refractivity contribution in [2.75, 3.05) is 0 Å². The zero-order chi connectivity index (χ0) is 24.8. The van der Waals surface area contributed by atoms with Crippen LogP contribution in [0, 0.1) is 13.8 Å². The largest absolute Gasteiger partial charge is 0.507 e. The van der Waals surface area contributed by atoms with Gasteiger partial charge in [-0.15, -0.1) is 0 Å². The van der Waals surface area contributed by atoms with Gasteiger partial charge < -0.3 is 10.2 Å². The fourth-order valence-electron chi connectivity index (χ4n) is 5.35. The maximum atomic E-state index is 11.5.